The molecule has 0 saturated heterocycles. The second kappa shape index (κ2) is 6.13. The minimum Gasteiger partial charge on any atom is -0.493 e. The number of carbonyl (C=O) groups excluding carboxylic acids is 1. The van der Waals surface area contributed by atoms with E-state index in [1.165, 1.54) is 5.56 Å². The van der Waals surface area contributed by atoms with E-state index in [0.29, 0.717) is 18.2 Å². The summed E-state index contributed by atoms with van der Waals surface area (Å²) in [4.78, 5) is 11.7. The van der Waals surface area contributed by atoms with Crippen molar-refractivity contribution < 1.29 is 14.3 Å². The van der Waals surface area contributed by atoms with Gasteiger partial charge in [0.2, 0.25) is 5.91 Å². The second-order valence-electron chi connectivity index (χ2n) is 5.11. The van der Waals surface area contributed by atoms with E-state index in [2.05, 4.69) is 17.6 Å². The number of fused-ring (bicyclic) bond motifs is 1. The first kappa shape index (κ1) is 14.7. The van der Waals surface area contributed by atoms with E-state index in [1.54, 1.807) is 21.3 Å². The van der Waals surface area contributed by atoms with Crippen LogP contribution in [-0.2, 0) is 11.2 Å². The number of rotatable bonds is 4. The number of amides is 1. The maximum Gasteiger partial charge on any atom is 0.221 e. The van der Waals surface area contributed by atoms with Gasteiger partial charge in [-0.25, -0.2) is 0 Å². The van der Waals surface area contributed by atoms with Crippen molar-refractivity contribution in [3.05, 3.63) is 23.3 Å². The van der Waals surface area contributed by atoms with Gasteiger partial charge in [-0.05, 0) is 36.6 Å². The summed E-state index contributed by atoms with van der Waals surface area (Å²) in [5.41, 5.74) is 2.33. The van der Waals surface area contributed by atoms with Gasteiger partial charge in [0.05, 0.1) is 14.2 Å². The number of methoxy groups -OCH3 is 2. The summed E-state index contributed by atoms with van der Waals surface area (Å²) >= 11 is 0. The van der Waals surface area contributed by atoms with Crippen LogP contribution in [0.5, 0.6) is 11.5 Å². The lowest BCUT2D eigenvalue weighted by molar-refractivity contribution is -0.121. The molecule has 0 aromatic heterocycles. The normalized spacial score (nSPS) is 21.0. The van der Waals surface area contributed by atoms with Gasteiger partial charge in [0, 0.05) is 25.6 Å². The topological polar surface area (TPSA) is 59.6 Å². The fourth-order valence-corrected chi connectivity index (χ4v) is 2.72. The molecule has 0 bridgehead atoms. The zero-order valence-corrected chi connectivity index (χ0v) is 12.4. The lowest BCUT2D eigenvalue weighted by Gasteiger charge is -2.32. The molecule has 1 aliphatic rings. The number of hydrogen-bond donors (Lipinski definition) is 2. The zero-order valence-electron chi connectivity index (χ0n) is 12.4. The van der Waals surface area contributed by atoms with Gasteiger partial charge in [-0.2, -0.15) is 0 Å². The molecule has 5 heteroatoms. The highest BCUT2D eigenvalue weighted by Gasteiger charge is 2.27. The van der Waals surface area contributed by atoms with E-state index in [0.717, 1.165) is 17.7 Å². The molecule has 5 nitrogen and oxygen atoms in total. The fraction of sp³-hybridized carbons (Fsp3) is 0.533. The third kappa shape index (κ3) is 2.88. The number of benzene rings is 1. The third-order valence-corrected chi connectivity index (χ3v) is 3.70. The Morgan fingerprint density at radius 2 is 2.00 bits per heavy atom. The van der Waals surface area contributed by atoms with Crippen molar-refractivity contribution in [1.29, 1.82) is 0 Å². The lowest BCUT2D eigenvalue weighted by Crippen LogP contribution is -2.39. The Morgan fingerprint density at radius 1 is 1.35 bits per heavy atom. The molecule has 1 aromatic rings. The molecule has 0 aliphatic carbocycles. The molecule has 1 heterocycles. The van der Waals surface area contributed by atoms with E-state index in [-0.39, 0.29) is 11.9 Å². The minimum absolute atomic E-state index is 0.00788. The van der Waals surface area contributed by atoms with Crippen molar-refractivity contribution in [2.45, 2.75) is 31.8 Å². The smallest absolute Gasteiger partial charge is 0.221 e. The van der Waals surface area contributed by atoms with E-state index in [9.17, 15) is 4.79 Å². The van der Waals surface area contributed by atoms with Crippen molar-refractivity contribution in [2.75, 3.05) is 21.3 Å². The van der Waals surface area contributed by atoms with E-state index in [4.69, 9.17) is 9.47 Å². The van der Waals surface area contributed by atoms with Crippen LogP contribution in [0.4, 0.5) is 0 Å². The molecular weight excluding hydrogens is 256 g/mol. The first-order valence-electron chi connectivity index (χ1n) is 6.80. The van der Waals surface area contributed by atoms with Crippen molar-refractivity contribution in [3.63, 3.8) is 0 Å². The van der Waals surface area contributed by atoms with Crippen LogP contribution in [0.3, 0.4) is 0 Å². The van der Waals surface area contributed by atoms with Crippen LogP contribution in [0.2, 0.25) is 0 Å². The number of carbonyl (C=O) groups is 1. The summed E-state index contributed by atoms with van der Waals surface area (Å²) in [6, 6.07) is 4.33. The molecule has 2 N–H and O–H groups in total. The average Bonchev–Trinajstić information content (AvgIpc) is 2.45. The van der Waals surface area contributed by atoms with Gasteiger partial charge >= 0.3 is 0 Å². The van der Waals surface area contributed by atoms with Gasteiger partial charge in [0.1, 0.15) is 0 Å². The van der Waals surface area contributed by atoms with Gasteiger partial charge in [-0.3, -0.25) is 4.79 Å². The largest absolute Gasteiger partial charge is 0.493 e. The van der Waals surface area contributed by atoms with Crippen molar-refractivity contribution in [2.24, 2.45) is 0 Å². The summed E-state index contributed by atoms with van der Waals surface area (Å²) < 4.78 is 10.7. The highest BCUT2D eigenvalue weighted by atomic mass is 16.5. The molecule has 110 valence electrons. The molecule has 0 radical (unpaired) electrons. The molecule has 0 unspecified atom stereocenters. The predicted molar refractivity (Wildman–Crippen MR) is 77.3 cm³/mol. The Labute approximate surface area is 119 Å². The molecule has 0 spiro atoms. The molecule has 1 amide bonds. The molecule has 1 aromatic carbocycles. The van der Waals surface area contributed by atoms with E-state index >= 15 is 0 Å². The molecule has 1 aliphatic heterocycles. The van der Waals surface area contributed by atoms with Crippen LogP contribution in [-0.4, -0.2) is 33.2 Å². The second-order valence-corrected chi connectivity index (χ2v) is 5.11. The zero-order chi connectivity index (χ0) is 14.7. The van der Waals surface area contributed by atoms with Crippen LogP contribution < -0.4 is 20.1 Å². The molecule has 0 fully saturated rings. The Hall–Kier alpha value is -1.75. The van der Waals surface area contributed by atoms with Gasteiger partial charge in [0.25, 0.3) is 0 Å². The van der Waals surface area contributed by atoms with Gasteiger partial charge in [-0.1, -0.05) is 0 Å². The summed E-state index contributed by atoms with van der Waals surface area (Å²) in [5.74, 6) is 1.46. The minimum atomic E-state index is 0.00788. The van der Waals surface area contributed by atoms with Crippen molar-refractivity contribution in [3.8, 4) is 11.5 Å². The first-order valence-corrected chi connectivity index (χ1v) is 6.80. The molecule has 2 atom stereocenters. The van der Waals surface area contributed by atoms with Crippen LogP contribution >= 0.6 is 0 Å². The predicted octanol–water partition coefficient (Wildman–Crippen LogP) is 1.42. The van der Waals surface area contributed by atoms with Gasteiger partial charge < -0.3 is 20.1 Å². The first-order chi connectivity index (χ1) is 9.58. The molecular formula is C15H22N2O3. The van der Waals surface area contributed by atoms with Gasteiger partial charge in [-0.15, -0.1) is 0 Å². The van der Waals surface area contributed by atoms with Crippen LogP contribution in [0.1, 0.15) is 30.5 Å². The van der Waals surface area contributed by atoms with Crippen molar-refractivity contribution in [1.82, 2.24) is 10.6 Å². The maximum absolute atomic E-state index is 11.7. The summed E-state index contributed by atoms with van der Waals surface area (Å²) in [7, 11) is 4.91. The summed E-state index contributed by atoms with van der Waals surface area (Å²) in [5, 5.41) is 6.14. The summed E-state index contributed by atoms with van der Waals surface area (Å²) in [6.07, 6.45) is 1.34. The average molecular weight is 278 g/mol. The van der Waals surface area contributed by atoms with Crippen LogP contribution in [0, 0.1) is 0 Å². The fourth-order valence-electron chi connectivity index (χ4n) is 2.72. The summed E-state index contributed by atoms with van der Waals surface area (Å²) in [6.45, 7) is 2.12. The van der Waals surface area contributed by atoms with Crippen molar-refractivity contribution >= 4 is 5.91 Å². The molecule has 2 rings (SSSR count). The molecule has 0 saturated carbocycles. The number of hydrogen-bond acceptors (Lipinski definition) is 4. The Morgan fingerprint density at radius 3 is 2.60 bits per heavy atom. The lowest BCUT2D eigenvalue weighted by atomic mass is 9.88. The Kier molecular flexibility index (Phi) is 4.49. The highest BCUT2D eigenvalue weighted by molar-refractivity contribution is 5.76. The van der Waals surface area contributed by atoms with Crippen LogP contribution in [0.15, 0.2) is 12.1 Å². The SMILES string of the molecule is CNC(=O)C[C@H]1N[C@H](C)Cc2cc(OC)c(OC)cc21. The van der Waals surface area contributed by atoms with E-state index in [1.807, 2.05) is 12.1 Å². The maximum atomic E-state index is 11.7. The monoisotopic (exact) mass is 278 g/mol. The quantitative estimate of drug-likeness (QED) is 0.874. The Bertz CT molecular complexity index is 502. The molecule has 20 heavy (non-hydrogen) atoms. The third-order valence-electron chi connectivity index (χ3n) is 3.70. The number of ether oxygens (including phenoxy) is 2. The van der Waals surface area contributed by atoms with Crippen LogP contribution in [0.25, 0.3) is 0 Å². The van der Waals surface area contributed by atoms with E-state index < -0.39 is 0 Å². The number of nitrogens with one attached hydrogen (secondary N) is 2. The Balaban J connectivity index is 2.39. The standard InChI is InChI=1S/C15H22N2O3/c1-9-5-10-6-13(19-3)14(20-4)7-11(10)12(17-9)8-15(18)16-2/h6-7,9,12,17H,5,8H2,1-4H3,(H,16,18)/t9-,12-/m1/s1. The highest BCUT2D eigenvalue weighted by Crippen LogP contribution is 2.37. The van der Waals surface area contributed by atoms with Gasteiger partial charge in [0.15, 0.2) is 11.5 Å².